The number of aryl methyl sites for hydroxylation is 1. The highest BCUT2D eigenvalue weighted by molar-refractivity contribution is 6.45. The predicted molar refractivity (Wildman–Crippen MR) is 188 cm³/mol. The number of nitrogens with zero attached hydrogens (tertiary/aromatic N) is 1. The molecule has 6 fully saturated rings. The van der Waals surface area contributed by atoms with Crippen LogP contribution in [-0.2, 0) is 34.8 Å². The lowest BCUT2D eigenvalue weighted by Gasteiger charge is -2.64. The maximum atomic E-state index is 13.9. The standard InChI is InChI=1S/C38H55BN2O10/c1-35(2,3)48-33(44)30-26(46-25-20-41(21-25)29(42)17-23-11-10-16-40-32(23)43)13-12-22(31(30)47-34(45)49-36(4,5)6)14-15-39-50-28-19-24-18-27(37(24,7)8)38(28,9)51-39/h12-13,23-25,27-28H,10-11,14-21H2,1-9H3,(H,40,43)/t23?,24-,27-,28+,38-/m0/s1. The van der Waals surface area contributed by atoms with Crippen molar-refractivity contribution in [3.05, 3.63) is 23.3 Å². The number of carbonyl (C=O) groups excluding carboxylic acids is 4. The van der Waals surface area contributed by atoms with Gasteiger partial charge in [0.2, 0.25) is 11.8 Å². The third-order valence-corrected chi connectivity index (χ3v) is 11.3. The zero-order valence-corrected chi connectivity index (χ0v) is 31.7. The van der Waals surface area contributed by atoms with Crippen molar-refractivity contribution in [3.63, 3.8) is 0 Å². The molecule has 1 unspecified atom stereocenters. The minimum Gasteiger partial charge on any atom is -0.486 e. The summed E-state index contributed by atoms with van der Waals surface area (Å²) in [5.74, 6) is -0.0249. The molecule has 0 aromatic heterocycles. The van der Waals surface area contributed by atoms with Gasteiger partial charge >= 0.3 is 19.2 Å². The van der Waals surface area contributed by atoms with Crippen LogP contribution < -0.4 is 14.8 Å². The van der Waals surface area contributed by atoms with Crippen molar-refractivity contribution in [2.75, 3.05) is 19.6 Å². The SMILES string of the molecule is CC(C)(C)OC(=O)Oc1c(CCB2O[C@@H]3C[C@@H]4C[C@@H](C4(C)C)[C@]3(C)O2)ccc(OC2CN(C(=O)CC3CCCNC3=O)C2)c1C(=O)OC(C)(C)C. The largest absolute Gasteiger partial charge is 0.514 e. The van der Waals surface area contributed by atoms with Gasteiger partial charge in [-0.2, -0.15) is 0 Å². The molecule has 2 bridgehead atoms. The molecule has 280 valence electrons. The summed E-state index contributed by atoms with van der Waals surface area (Å²) in [5, 5.41) is 2.83. The molecule has 5 atom stereocenters. The van der Waals surface area contributed by atoms with Crippen LogP contribution in [0.5, 0.6) is 11.5 Å². The van der Waals surface area contributed by atoms with Gasteiger partial charge in [-0.15, -0.1) is 0 Å². The van der Waals surface area contributed by atoms with Crippen LogP contribution in [0.1, 0.15) is 110 Å². The Morgan fingerprint density at radius 3 is 2.37 bits per heavy atom. The second-order valence-corrected chi connectivity index (χ2v) is 17.8. The highest BCUT2D eigenvalue weighted by Crippen LogP contribution is 2.65. The summed E-state index contributed by atoms with van der Waals surface area (Å²) in [7, 11) is -0.455. The lowest BCUT2D eigenvalue weighted by Crippen LogP contribution is -2.65. The van der Waals surface area contributed by atoms with Crippen molar-refractivity contribution < 1.29 is 47.4 Å². The van der Waals surface area contributed by atoms with Crippen LogP contribution in [0, 0.1) is 23.2 Å². The minimum atomic E-state index is -0.966. The summed E-state index contributed by atoms with van der Waals surface area (Å²) < 4.78 is 36.6. The van der Waals surface area contributed by atoms with Crippen LogP contribution in [0.3, 0.4) is 0 Å². The van der Waals surface area contributed by atoms with Gasteiger partial charge in [-0.05, 0) is 116 Å². The molecule has 3 heterocycles. The van der Waals surface area contributed by atoms with Gasteiger partial charge in [0.1, 0.15) is 28.6 Å². The first kappa shape index (κ1) is 37.4. The molecule has 13 heteroatoms. The molecule has 1 aromatic carbocycles. The first-order chi connectivity index (χ1) is 23.7. The Labute approximate surface area is 302 Å². The molecule has 3 saturated heterocycles. The number of hydrogen-bond acceptors (Lipinski definition) is 10. The number of piperidine rings is 1. The van der Waals surface area contributed by atoms with Crippen LogP contribution in [0.4, 0.5) is 4.79 Å². The zero-order chi connectivity index (χ0) is 37.1. The Bertz CT molecular complexity index is 1540. The number of ether oxygens (including phenoxy) is 4. The van der Waals surface area contributed by atoms with Gasteiger partial charge in [-0.25, -0.2) is 9.59 Å². The molecule has 7 rings (SSSR count). The van der Waals surface area contributed by atoms with E-state index in [0.717, 1.165) is 19.3 Å². The van der Waals surface area contributed by atoms with Crippen LogP contribution in [0.25, 0.3) is 0 Å². The lowest BCUT2D eigenvalue weighted by molar-refractivity contribution is -0.199. The van der Waals surface area contributed by atoms with Gasteiger partial charge in [0, 0.05) is 18.9 Å². The molecule has 1 aromatic rings. The van der Waals surface area contributed by atoms with Gasteiger partial charge in [0.25, 0.3) is 0 Å². The van der Waals surface area contributed by atoms with Crippen molar-refractivity contribution >= 4 is 31.1 Å². The zero-order valence-electron chi connectivity index (χ0n) is 31.7. The van der Waals surface area contributed by atoms with Crippen molar-refractivity contribution in [2.24, 2.45) is 23.2 Å². The number of benzene rings is 1. The fourth-order valence-corrected chi connectivity index (χ4v) is 8.51. The number of carbonyl (C=O) groups is 4. The van der Waals surface area contributed by atoms with Crippen molar-refractivity contribution in [1.29, 1.82) is 0 Å². The fourth-order valence-electron chi connectivity index (χ4n) is 8.51. The number of rotatable bonds is 9. The summed E-state index contributed by atoms with van der Waals surface area (Å²) in [4.78, 5) is 53.9. The second kappa shape index (κ2) is 13.6. The summed E-state index contributed by atoms with van der Waals surface area (Å²) in [6.45, 7) is 18.5. The topological polar surface area (TPSA) is 139 Å². The maximum Gasteiger partial charge on any atom is 0.514 e. The van der Waals surface area contributed by atoms with Gasteiger partial charge in [0.05, 0.1) is 24.8 Å². The molecule has 2 amide bonds. The minimum absolute atomic E-state index is 0.00316. The lowest BCUT2D eigenvalue weighted by atomic mass is 9.43. The van der Waals surface area contributed by atoms with E-state index < -0.39 is 36.5 Å². The molecule has 51 heavy (non-hydrogen) atoms. The molecular formula is C38H55BN2O10. The normalized spacial score (nSPS) is 28.5. The Morgan fingerprint density at radius 1 is 1.02 bits per heavy atom. The van der Waals surface area contributed by atoms with Crippen molar-refractivity contribution in [1.82, 2.24) is 10.2 Å². The Balaban J connectivity index is 1.22. The summed E-state index contributed by atoms with van der Waals surface area (Å²) in [5.41, 5.74) is -1.31. The van der Waals surface area contributed by atoms with Crippen LogP contribution >= 0.6 is 0 Å². The van der Waals surface area contributed by atoms with Crippen molar-refractivity contribution in [3.8, 4) is 11.5 Å². The van der Waals surface area contributed by atoms with E-state index in [1.807, 2.05) is 0 Å². The molecule has 12 nitrogen and oxygen atoms in total. The summed E-state index contributed by atoms with van der Waals surface area (Å²) >= 11 is 0. The molecule has 3 aliphatic carbocycles. The van der Waals surface area contributed by atoms with Crippen LogP contribution in [0.15, 0.2) is 12.1 Å². The average molecular weight is 711 g/mol. The fraction of sp³-hybridized carbons (Fsp3) is 0.737. The second-order valence-electron chi connectivity index (χ2n) is 17.8. The Morgan fingerprint density at radius 2 is 1.73 bits per heavy atom. The number of amides is 2. The predicted octanol–water partition coefficient (Wildman–Crippen LogP) is 5.73. The number of nitrogens with one attached hydrogen (secondary N) is 1. The Hall–Kier alpha value is -3.32. The van der Waals surface area contributed by atoms with Crippen LogP contribution in [0.2, 0.25) is 6.32 Å². The van der Waals surface area contributed by atoms with E-state index in [2.05, 4.69) is 26.1 Å². The third-order valence-electron chi connectivity index (χ3n) is 11.3. The van der Waals surface area contributed by atoms with Gasteiger partial charge < -0.3 is 38.5 Å². The van der Waals surface area contributed by atoms with E-state index in [1.165, 1.54) is 0 Å². The number of hydrogen-bond donors (Lipinski definition) is 1. The molecule has 0 spiro atoms. The molecule has 0 radical (unpaired) electrons. The van der Waals surface area contributed by atoms with E-state index in [-0.39, 0.29) is 58.3 Å². The Kier molecular flexibility index (Phi) is 9.97. The third kappa shape index (κ3) is 7.89. The van der Waals surface area contributed by atoms with Crippen molar-refractivity contribution in [2.45, 2.75) is 136 Å². The quantitative estimate of drug-likeness (QED) is 0.192. The highest BCUT2D eigenvalue weighted by Gasteiger charge is 2.67. The van der Waals surface area contributed by atoms with E-state index in [9.17, 15) is 19.2 Å². The van der Waals surface area contributed by atoms with Gasteiger partial charge in [-0.3, -0.25) is 9.59 Å². The first-order valence-corrected chi connectivity index (χ1v) is 18.6. The van der Waals surface area contributed by atoms with E-state index >= 15 is 0 Å². The molecule has 3 aliphatic heterocycles. The number of likely N-dealkylation sites (tertiary alicyclic amines) is 1. The highest BCUT2D eigenvalue weighted by atomic mass is 16.7. The smallest absolute Gasteiger partial charge is 0.486 e. The summed E-state index contributed by atoms with van der Waals surface area (Å²) in [6.07, 6.45) is 3.30. The van der Waals surface area contributed by atoms with E-state index in [0.29, 0.717) is 56.2 Å². The molecule has 3 saturated carbocycles. The molecular weight excluding hydrogens is 655 g/mol. The average Bonchev–Trinajstić information content (AvgIpc) is 3.33. The van der Waals surface area contributed by atoms with E-state index in [1.54, 1.807) is 58.6 Å². The molecule has 6 aliphatic rings. The maximum absolute atomic E-state index is 13.9. The van der Waals surface area contributed by atoms with Gasteiger partial charge in [0.15, 0.2) is 5.75 Å². The van der Waals surface area contributed by atoms with Gasteiger partial charge in [-0.1, -0.05) is 19.9 Å². The summed E-state index contributed by atoms with van der Waals surface area (Å²) in [6, 6.07) is 3.46. The molecule has 1 N–H and O–H groups in total. The monoisotopic (exact) mass is 710 g/mol. The van der Waals surface area contributed by atoms with Crippen LogP contribution in [-0.4, -0.2) is 84.6 Å². The van der Waals surface area contributed by atoms with E-state index in [4.69, 9.17) is 28.3 Å². The first-order valence-electron chi connectivity index (χ1n) is 18.6. The number of esters is 1.